The first kappa shape index (κ1) is 11.7. The van der Waals surface area contributed by atoms with Gasteiger partial charge < -0.3 is 10.2 Å². The average molecular weight is 292 g/mol. The number of hydrogen-bond donors (Lipinski definition) is 1. The molecule has 0 fully saturated rings. The number of carbonyl (C=O) groups excluding carboxylic acids is 1. The summed E-state index contributed by atoms with van der Waals surface area (Å²) in [6.45, 7) is 0.533. The van der Waals surface area contributed by atoms with Gasteiger partial charge in [0.15, 0.2) is 0 Å². The van der Waals surface area contributed by atoms with Crippen molar-refractivity contribution in [2.75, 3.05) is 18.9 Å². The Labute approximate surface area is 108 Å². The molecule has 0 saturated heterocycles. The average Bonchev–Trinajstić information content (AvgIpc) is 2.61. The van der Waals surface area contributed by atoms with Gasteiger partial charge in [0, 0.05) is 23.3 Å². The molecular formula is C12H10BrN3O. The molecule has 0 bridgehead atoms. The van der Waals surface area contributed by atoms with Crippen molar-refractivity contribution in [3.63, 3.8) is 0 Å². The molecule has 1 amide bonds. The minimum atomic E-state index is -0.0296. The van der Waals surface area contributed by atoms with E-state index < -0.39 is 0 Å². The minimum absolute atomic E-state index is 0.0296. The van der Waals surface area contributed by atoms with Gasteiger partial charge in [-0.1, -0.05) is 6.07 Å². The van der Waals surface area contributed by atoms with Gasteiger partial charge in [0.25, 0.3) is 0 Å². The first-order chi connectivity index (χ1) is 8.11. The Bertz CT molecular complexity index is 545. The van der Waals surface area contributed by atoms with Crippen molar-refractivity contribution >= 4 is 27.5 Å². The van der Waals surface area contributed by atoms with E-state index in [9.17, 15) is 4.79 Å². The first-order valence-electron chi connectivity index (χ1n) is 5.03. The van der Waals surface area contributed by atoms with E-state index in [2.05, 4.69) is 27.3 Å². The van der Waals surface area contributed by atoms with Crippen molar-refractivity contribution < 1.29 is 4.79 Å². The molecule has 0 radical (unpaired) electrons. The maximum atomic E-state index is 11.3. The molecule has 0 aliphatic carbocycles. The van der Waals surface area contributed by atoms with Crippen LogP contribution >= 0.6 is 15.9 Å². The van der Waals surface area contributed by atoms with E-state index in [0.29, 0.717) is 17.8 Å². The lowest BCUT2D eigenvalue weighted by Gasteiger charge is -2.12. The minimum Gasteiger partial charge on any atom is -0.355 e. The highest BCUT2D eigenvalue weighted by molar-refractivity contribution is 9.10. The number of nitriles is 1. The monoisotopic (exact) mass is 291 g/mol. The first-order valence-corrected chi connectivity index (χ1v) is 5.82. The summed E-state index contributed by atoms with van der Waals surface area (Å²) in [7, 11) is 1.73. The molecule has 1 aliphatic heterocycles. The molecule has 1 heterocycles. The molecule has 0 unspecified atom stereocenters. The number of amides is 1. The zero-order valence-electron chi connectivity index (χ0n) is 9.20. The fraction of sp³-hybridized carbons (Fsp3) is 0.167. The lowest BCUT2D eigenvalue weighted by atomic mass is 10.2. The van der Waals surface area contributed by atoms with E-state index in [1.807, 2.05) is 6.07 Å². The van der Waals surface area contributed by atoms with Gasteiger partial charge in [-0.25, -0.2) is 0 Å². The lowest BCUT2D eigenvalue weighted by Crippen LogP contribution is -2.21. The van der Waals surface area contributed by atoms with Crippen LogP contribution in [0.4, 0.5) is 5.69 Å². The van der Waals surface area contributed by atoms with Crippen LogP contribution in [0, 0.1) is 11.3 Å². The Morgan fingerprint density at radius 2 is 2.29 bits per heavy atom. The second-order valence-electron chi connectivity index (χ2n) is 3.76. The summed E-state index contributed by atoms with van der Waals surface area (Å²) < 4.78 is 0.805. The predicted molar refractivity (Wildman–Crippen MR) is 68.2 cm³/mol. The molecule has 0 saturated carbocycles. The number of nitrogens with zero attached hydrogens (tertiary/aromatic N) is 2. The Kier molecular flexibility index (Phi) is 3.16. The van der Waals surface area contributed by atoms with Crippen LogP contribution in [0.2, 0.25) is 0 Å². The fourth-order valence-electron chi connectivity index (χ4n) is 1.62. The van der Waals surface area contributed by atoms with E-state index in [-0.39, 0.29) is 5.91 Å². The molecule has 1 aromatic carbocycles. The van der Waals surface area contributed by atoms with E-state index in [1.165, 1.54) is 0 Å². The van der Waals surface area contributed by atoms with Gasteiger partial charge in [-0.3, -0.25) is 4.79 Å². The van der Waals surface area contributed by atoms with Crippen molar-refractivity contribution in [2.45, 2.75) is 0 Å². The number of hydrogen-bond acceptors (Lipinski definition) is 3. The van der Waals surface area contributed by atoms with Crippen LogP contribution in [-0.2, 0) is 4.79 Å². The number of nitrogens with one attached hydrogen (secondary N) is 1. The number of rotatable bonds is 2. The molecule has 5 heteroatoms. The molecule has 0 atom stereocenters. The molecule has 0 spiro atoms. The van der Waals surface area contributed by atoms with Crippen molar-refractivity contribution in [3.8, 4) is 6.07 Å². The van der Waals surface area contributed by atoms with Crippen LogP contribution in [0.3, 0.4) is 0 Å². The number of benzene rings is 1. The zero-order chi connectivity index (χ0) is 12.4. The van der Waals surface area contributed by atoms with Gasteiger partial charge in [-0.15, -0.1) is 0 Å². The largest absolute Gasteiger partial charge is 0.355 e. The predicted octanol–water partition coefficient (Wildman–Crippen LogP) is 2.09. The third-order valence-corrected chi connectivity index (χ3v) is 3.16. The molecule has 1 N–H and O–H groups in total. The zero-order valence-corrected chi connectivity index (χ0v) is 10.8. The van der Waals surface area contributed by atoms with Crippen LogP contribution in [0.15, 0.2) is 34.4 Å². The number of anilines is 1. The Balaban J connectivity index is 2.29. The van der Waals surface area contributed by atoms with E-state index in [4.69, 9.17) is 5.26 Å². The molecule has 1 aromatic rings. The summed E-state index contributed by atoms with van der Waals surface area (Å²) in [5.41, 5.74) is 2.03. The SMILES string of the molecule is CN1CC(Nc2c(Br)cccc2C#N)=CC1=O. The molecule has 0 aromatic heterocycles. The fourth-order valence-corrected chi connectivity index (χ4v) is 2.08. The van der Waals surface area contributed by atoms with E-state index in [1.54, 1.807) is 30.2 Å². The van der Waals surface area contributed by atoms with E-state index in [0.717, 1.165) is 10.2 Å². The van der Waals surface area contributed by atoms with E-state index >= 15 is 0 Å². The van der Waals surface area contributed by atoms with Crippen LogP contribution in [-0.4, -0.2) is 24.4 Å². The molecule has 4 nitrogen and oxygen atoms in total. The molecule has 2 rings (SSSR count). The second kappa shape index (κ2) is 4.60. The Morgan fingerprint density at radius 3 is 2.88 bits per heavy atom. The Hall–Kier alpha value is -1.80. The highest BCUT2D eigenvalue weighted by Crippen LogP contribution is 2.28. The van der Waals surface area contributed by atoms with Crippen molar-refractivity contribution in [2.24, 2.45) is 0 Å². The van der Waals surface area contributed by atoms with Gasteiger partial charge >= 0.3 is 0 Å². The van der Waals surface area contributed by atoms with Crippen LogP contribution in [0.5, 0.6) is 0 Å². The molecular weight excluding hydrogens is 282 g/mol. The highest BCUT2D eigenvalue weighted by atomic mass is 79.9. The van der Waals surface area contributed by atoms with Crippen LogP contribution in [0.1, 0.15) is 5.56 Å². The molecule has 1 aliphatic rings. The summed E-state index contributed by atoms with van der Waals surface area (Å²) in [5, 5.41) is 12.1. The quantitative estimate of drug-likeness (QED) is 0.908. The number of likely N-dealkylation sites (N-methyl/N-ethyl adjacent to an activating group) is 1. The van der Waals surface area contributed by atoms with Gasteiger partial charge in [0.2, 0.25) is 5.91 Å². The van der Waals surface area contributed by atoms with Crippen LogP contribution in [0.25, 0.3) is 0 Å². The summed E-state index contributed by atoms with van der Waals surface area (Å²) in [4.78, 5) is 12.9. The lowest BCUT2D eigenvalue weighted by molar-refractivity contribution is -0.123. The third kappa shape index (κ3) is 2.32. The maximum absolute atomic E-state index is 11.3. The number of para-hydroxylation sites is 1. The normalized spacial score (nSPS) is 14.5. The summed E-state index contributed by atoms with van der Waals surface area (Å²) in [5.74, 6) is -0.0296. The van der Waals surface area contributed by atoms with Gasteiger partial charge in [-0.2, -0.15) is 5.26 Å². The number of carbonyl (C=O) groups is 1. The molecule has 17 heavy (non-hydrogen) atoms. The summed E-state index contributed by atoms with van der Waals surface area (Å²) in [6.07, 6.45) is 1.54. The summed E-state index contributed by atoms with van der Waals surface area (Å²) in [6, 6.07) is 7.50. The van der Waals surface area contributed by atoms with Gasteiger partial charge in [-0.05, 0) is 28.1 Å². The van der Waals surface area contributed by atoms with Crippen LogP contribution < -0.4 is 5.32 Å². The Morgan fingerprint density at radius 1 is 1.53 bits per heavy atom. The third-order valence-electron chi connectivity index (χ3n) is 2.50. The van der Waals surface area contributed by atoms with Crippen molar-refractivity contribution in [3.05, 3.63) is 40.0 Å². The summed E-state index contributed by atoms with van der Waals surface area (Å²) >= 11 is 3.39. The molecule has 86 valence electrons. The number of halogens is 1. The van der Waals surface area contributed by atoms with Crippen molar-refractivity contribution in [1.29, 1.82) is 5.26 Å². The highest BCUT2D eigenvalue weighted by Gasteiger charge is 2.18. The second-order valence-corrected chi connectivity index (χ2v) is 4.62. The standard InChI is InChI=1S/C12H10BrN3O/c1-16-7-9(5-11(16)17)15-12-8(6-14)3-2-4-10(12)13/h2-5,15H,7H2,1H3. The van der Waals surface area contributed by atoms with Gasteiger partial charge in [0.1, 0.15) is 6.07 Å². The topological polar surface area (TPSA) is 56.1 Å². The smallest absolute Gasteiger partial charge is 0.248 e. The van der Waals surface area contributed by atoms with Crippen molar-refractivity contribution in [1.82, 2.24) is 4.90 Å². The maximum Gasteiger partial charge on any atom is 0.248 e. The van der Waals surface area contributed by atoms with Gasteiger partial charge in [0.05, 0.1) is 17.8 Å².